The highest BCUT2D eigenvalue weighted by Gasteiger charge is 2.09. The summed E-state index contributed by atoms with van der Waals surface area (Å²) in [4.78, 5) is 11.1. The molecule has 0 fully saturated rings. The predicted octanol–water partition coefficient (Wildman–Crippen LogP) is 3.48. The molecule has 1 aromatic rings. The third kappa shape index (κ3) is 8.55. The summed E-state index contributed by atoms with van der Waals surface area (Å²) in [5, 5.41) is 3.37. The Balaban J connectivity index is 2.18. The van der Waals surface area contributed by atoms with E-state index in [1.54, 1.807) is 12.1 Å². The molecule has 1 rings (SSSR count). The molecule has 23 heavy (non-hydrogen) atoms. The number of hydrogen-bond donors (Lipinski definition) is 1. The highest BCUT2D eigenvalue weighted by molar-refractivity contribution is 5.72. The second-order valence-electron chi connectivity index (χ2n) is 5.52. The van der Waals surface area contributed by atoms with Crippen molar-refractivity contribution in [3.8, 4) is 5.75 Å². The van der Waals surface area contributed by atoms with Gasteiger partial charge >= 0.3 is 5.97 Å². The molecule has 130 valence electrons. The topological polar surface area (TPSA) is 47.6 Å². The molecular formula is C18H28FNO3. The monoisotopic (exact) mass is 325 g/mol. The van der Waals surface area contributed by atoms with Crippen molar-refractivity contribution in [2.45, 2.75) is 45.4 Å². The lowest BCUT2D eigenvalue weighted by molar-refractivity contribution is -0.139. The van der Waals surface area contributed by atoms with E-state index in [2.05, 4.69) is 17.0 Å². The van der Waals surface area contributed by atoms with Crippen LogP contribution in [0.2, 0.25) is 0 Å². The van der Waals surface area contributed by atoms with Gasteiger partial charge in [-0.15, -0.1) is 0 Å². The van der Waals surface area contributed by atoms with Crippen LogP contribution in [0, 0.1) is 5.82 Å². The molecule has 0 aliphatic rings. The van der Waals surface area contributed by atoms with Gasteiger partial charge in [0, 0.05) is 6.07 Å². The summed E-state index contributed by atoms with van der Waals surface area (Å²) in [5.41, 5.74) is 0.318. The smallest absolute Gasteiger partial charge is 0.310 e. The molecule has 0 aromatic heterocycles. The van der Waals surface area contributed by atoms with Gasteiger partial charge in [-0.2, -0.15) is 0 Å². The van der Waals surface area contributed by atoms with Crippen LogP contribution in [-0.4, -0.2) is 32.8 Å². The lowest BCUT2D eigenvalue weighted by atomic mass is 10.1. The zero-order valence-corrected chi connectivity index (χ0v) is 14.2. The number of carbonyl (C=O) groups is 1. The molecule has 0 atom stereocenters. The van der Waals surface area contributed by atoms with Crippen molar-refractivity contribution in [1.29, 1.82) is 0 Å². The Bertz CT molecular complexity index is 466. The van der Waals surface area contributed by atoms with Crippen molar-refractivity contribution in [1.82, 2.24) is 5.32 Å². The second-order valence-corrected chi connectivity index (χ2v) is 5.52. The number of halogens is 1. The molecule has 0 spiro atoms. The highest BCUT2D eigenvalue weighted by Crippen LogP contribution is 2.17. The zero-order valence-electron chi connectivity index (χ0n) is 14.2. The van der Waals surface area contributed by atoms with Gasteiger partial charge in [0.05, 0.1) is 20.1 Å². The molecule has 0 amide bonds. The number of benzene rings is 1. The minimum Gasteiger partial charge on any atom is -0.493 e. The van der Waals surface area contributed by atoms with Crippen LogP contribution in [0.4, 0.5) is 4.39 Å². The van der Waals surface area contributed by atoms with Crippen molar-refractivity contribution in [3.63, 3.8) is 0 Å². The standard InChI is InChI=1S/C18H28FNO3/c1-3-4-5-6-10-20-11-7-12-23-16-9-8-15(17(19)14-16)13-18(21)22-2/h8-9,14,20H,3-7,10-13H2,1-2H3. The average molecular weight is 325 g/mol. The molecule has 0 aliphatic carbocycles. The fraction of sp³-hybridized carbons (Fsp3) is 0.611. The van der Waals surface area contributed by atoms with E-state index in [0.29, 0.717) is 17.9 Å². The molecule has 0 radical (unpaired) electrons. The number of unbranched alkanes of at least 4 members (excludes halogenated alkanes) is 3. The van der Waals surface area contributed by atoms with E-state index in [-0.39, 0.29) is 6.42 Å². The average Bonchev–Trinajstić information content (AvgIpc) is 2.55. The van der Waals surface area contributed by atoms with Gasteiger partial charge in [-0.05, 0) is 37.6 Å². The van der Waals surface area contributed by atoms with Crippen molar-refractivity contribution in [2.24, 2.45) is 0 Å². The quantitative estimate of drug-likeness (QED) is 0.472. The largest absolute Gasteiger partial charge is 0.493 e. The summed E-state index contributed by atoms with van der Waals surface area (Å²) in [6.45, 7) is 4.68. The Hall–Kier alpha value is -1.62. The maximum atomic E-state index is 13.8. The van der Waals surface area contributed by atoms with Crippen LogP contribution in [-0.2, 0) is 16.0 Å². The van der Waals surface area contributed by atoms with Gasteiger partial charge in [0.15, 0.2) is 0 Å². The Kier molecular flexibility index (Phi) is 10.0. The first-order valence-electron chi connectivity index (χ1n) is 8.36. The van der Waals surface area contributed by atoms with E-state index in [4.69, 9.17) is 4.74 Å². The first kappa shape index (κ1) is 19.4. The molecular weight excluding hydrogens is 297 g/mol. The van der Waals surface area contributed by atoms with E-state index in [9.17, 15) is 9.18 Å². The number of hydrogen-bond acceptors (Lipinski definition) is 4. The van der Waals surface area contributed by atoms with Crippen LogP contribution in [0.3, 0.4) is 0 Å². The number of carbonyl (C=O) groups excluding carboxylic acids is 1. The first-order chi connectivity index (χ1) is 11.2. The molecule has 0 saturated heterocycles. The lowest BCUT2D eigenvalue weighted by Crippen LogP contribution is -2.18. The maximum absolute atomic E-state index is 13.8. The molecule has 0 heterocycles. The van der Waals surface area contributed by atoms with E-state index < -0.39 is 11.8 Å². The van der Waals surface area contributed by atoms with Gasteiger partial charge in [-0.1, -0.05) is 32.3 Å². The van der Waals surface area contributed by atoms with Crippen molar-refractivity contribution < 1.29 is 18.7 Å². The second kappa shape index (κ2) is 11.9. The zero-order chi connectivity index (χ0) is 16.9. The SMILES string of the molecule is CCCCCCNCCCOc1ccc(CC(=O)OC)c(F)c1. The van der Waals surface area contributed by atoms with Crippen LogP contribution in [0.1, 0.15) is 44.6 Å². The maximum Gasteiger partial charge on any atom is 0.310 e. The molecule has 0 bridgehead atoms. The van der Waals surface area contributed by atoms with Gasteiger partial charge < -0.3 is 14.8 Å². The van der Waals surface area contributed by atoms with Crippen molar-refractivity contribution >= 4 is 5.97 Å². The molecule has 1 N–H and O–H groups in total. The summed E-state index contributed by atoms with van der Waals surface area (Å²) < 4.78 is 23.9. The van der Waals surface area contributed by atoms with Crippen LogP contribution in [0.25, 0.3) is 0 Å². The van der Waals surface area contributed by atoms with Gasteiger partial charge in [0.25, 0.3) is 0 Å². The fourth-order valence-corrected chi connectivity index (χ4v) is 2.18. The molecule has 0 unspecified atom stereocenters. The summed E-state index contributed by atoms with van der Waals surface area (Å²) in [6, 6.07) is 4.56. The molecule has 0 aliphatic heterocycles. The third-order valence-electron chi connectivity index (χ3n) is 3.56. The van der Waals surface area contributed by atoms with E-state index >= 15 is 0 Å². The summed E-state index contributed by atoms with van der Waals surface area (Å²) >= 11 is 0. The minimum absolute atomic E-state index is 0.0649. The van der Waals surface area contributed by atoms with E-state index in [1.165, 1.54) is 38.9 Å². The van der Waals surface area contributed by atoms with Gasteiger partial charge in [-0.25, -0.2) is 4.39 Å². The number of esters is 1. The van der Waals surface area contributed by atoms with E-state index in [1.807, 2.05) is 0 Å². The number of ether oxygens (including phenoxy) is 2. The summed E-state index contributed by atoms with van der Waals surface area (Å²) in [5.74, 6) is -0.413. The van der Waals surface area contributed by atoms with Crippen molar-refractivity contribution in [2.75, 3.05) is 26.8 Å². The molecule has 0 saturated carbocycles. The molecule has 1 aromatic carbocycles. The number of rotatable bonds is 12. The number of nitrogens with one attached hydrogen (secondary N) is 1. The van der Waals surface area contributed by atoms with Crippen LogP contribution in [0.5, 0.6) is 5.75 Å². The molecule has 4 nitrogen and oxygen atoms in total. The van der Waals surface area contributed by atoms with Crippen LogP contribution in [0.15, 0.2) is 18.2 Å². The highest BCUT2D eigenvalue weighted by atomic mass is 19.1. The fourth-order valence-electron chi connectivity index (χ4n) is 2.18. The molecule has 5 heteroatoms. The Labute approximate surface area is 138 Å². The van der Waals surface area contributed by atoms with Crippen LogP contribution < -0.4 is 10.1 Å². The van der Waals surface area contributed by atoms with Gasteiger partial charge in [0.1, 0.15) is 11.6 Å². The van der Waals surface area contributed by atoms with Gasteiger partial charge in [-0.3, -0.25) is 4.79 Å². The number of methoxy groups -OCH3 is 1. The Morgan fingerprint density at radius 1 is 1.17 bits per heavy atom. The predicted molar refractivity (Wildman–Crippen MR) is 89.2 cm³/mol. The lowest BCUT2D eigenvalue weighted by Gasteiger charge is -2.09. The Morgan fingerprint density at radius 2 is 1.96 bits per heavy atom. The normalized spacial score (nSPS) is 10.6. The first-order valence-corrected chi connectivity index (χ1v) is 8.36. The minimum atomic E-state index is -0.456. The van der Waals surface area contributed by atoms with E-state index in [0.717, 1.165) is 19.5 Å². The van der Waals surface area contributed by atoms with Gasteiger partial charge in [0.2, 0.25) is 0 Å². The third-order valence-corrected chi connectivity index (χ3v) is 3.56. The summed E-state index contributed by atoms with van der Waals surface area (Å²) in [6.07, 6.45) is 5.84. The summed E-state index contributed by atoms with van der Waals surface area (Å²) in [7, 11) is 1.29. The van der Waals surface area contributed by atoms with Crippen LogP contribution >= 0.6 is 0 Å². The Morgan fingerprint density at radius 3 is 2.65 bits per heavy atom. The van der Waals surface area contributed by atoms with Crippen molar-refractivity contribution in [3.05, 3.63) is 29.6 Å².